The van der Waals surface area contributed by atoms with E-state index in [9.17, 15) is 9.59 Å². The quantitative estimate of drug-likeness (QED) is 0.456. The minimum atomic E-state index is -0.211. The molecule has 0 aliphatic heterocycles. The zero-order valence-electron chi connectivity index (χ0n) is 7.26. The van der Waals surface area contributed by atoms with E-state index >= 15 is 0 Å². The molecule has 0 amide bonds. The van der Waals surface area contributed by atoms with Crippen LogP contribution in [0.1, 0.15) is 27.2 Å². The standard InChI is InChI=1S/C9H14O2/c1-4-7(2)9(6-10)5-8(3)11/h4,6,9H,5H2,1-3H3/b7-4+. The van der Waals surface area contributed by atoms with Gasteiger partial charge in [0.05, 0.1) is 0 Å². The first-order valence-electron chi connectivity index (χ1n) is 3.69. The number of hydrogen-bond acceptors (Lipinski definition) is 2. The van der Waals surface area contributed by atoms with Crippen LogP contribution in [0.25, 0.3) is 0 Å². The van der Waals surface area contributed by atoms with E-state index in [-0.39, 0.29) is 11.7 Å². The number of carbonyl (C=O) groups is 2. The first-order valence-corrected chi connectivity index (χ1v) is 3.69. The SMILES string of the molecule is C/C=C(\C)C(C=O)CC(C)=O. The second-order valence-corrected chi connectivity index (χ2v) is 2.68. The summed E-state index contributed by atoms with van der Waals surface area (Å²) in [5.74, 6) is -0.152. The molecule has 0 aromatic rings. The summed E-state index contributed by atoms with van der Waals surface area (Å²) in [5.41, 5.74) is 0.968. The van der Waals surface area contributed by atoms with E-state index in [2.05, 4.69) is 0 Å². The molecule has 0 saturated carbocycles. The van der Waals surface area contributed by atoms with Gasteiger partial charge in [-0.25, -0.2) is 0 Å². The molecule has 2 nitrogen and oxygen atoms in total. The molecule has 0 saturated heterocycles. The second-order valence-electron chi connectivity index (χ2n) is 2.68. The maximum Gasteiger partial charge on any atom is 0.130 e. The highest BCUT2D eigenvalue weighted by Crippen LogP contribution is 2.11. The molecule has 2 heteroatoms. The summed E-state index contributed by atoms with van der Waals surface area (Å²) in [6.07, 6.45) is 3.03. The average molecular weight is 154 g/mol. The van der Waals surface area contributed by atoms with Crippen molar-refractivity contribution in [1.82, 2.24) is 0 Å². The predicted molar refractivity (Wildman–Crippen MR) is 44.3 cm³/mol. The number of hydrogen-bond donors (Lipinski definition) is 0. The van der Waals surface area contributed by atoms with E-state index in [1.165, 1.54) is 6.92 Å². The van der Waals surface area contributed by atoms with Crippen LogP contribution >= 0.6 is 0 Å². The van der Waals surface area contributed by atoms with Gasteiger partial charge >= 0.3 is 0 Å². The molecular formula is C9H14O2. The van der Waals surface area contributed by atoms with Crippen molar-refractivity contribution in [2.75, 3.05) is 0 Å². The van der Waals surface area contributed by atoms with Crippen molar-refractivity contribution in [3.05, 3.63) is 11.6 Å². The fourth-order valence-electron chi connectivity index (χ4n) is 0.840. The number of allylic oxidation sites excluding steroid dienone is 2. The minimum Gasteiger partial charge on any atom is -0.303 e. The Labute approximate surface area is 67.3 Å². The fraction of sp³-hybridized carbons (Fsp3) is 0.556. The molecule has 0 fully saturated rings. The van der Waals surface area contributed by atoms with Crippen LogP contribution in [0.5, 0.6) is 0 Å². The molecule has 0 N–H and O–H groups in total. The van der Waals surface area contributed by atoms with E-state index in [1.54, 1.807) is 0 Å². The molecule has 0 heterocycles. The van der Waals surface area contributed by atoms with Crippen molar-refractivity contribution < 1.29 is 9.59 Å². The Kier molecular flexibility index (Phi) is 4.42. The summed E-state index contributed by atoms with van der Waals surface area (Å²) in [6.45, 7) is 5.23. The summed E-state index contributed by atoms with van der Waals surface area (Å²) < 4.78 is 0. The molecule has 0 aliphatic rings. The van der Waals surface area contributed by atoms with Crippen LogP contribution in [0, 0.1) is 5.92 Å². The topological polar surface area (TPSA) is 34.1 Å². The van der Waals surface area contributed by atoms with Crippen LogP contribution in [0.4, 0.5) is 0 Å². The smallest absolute Gasteiger partial charge is 0.130 e. The van der Waals surface area contributed by atoms with Gasteiger partial charge in [0, 0.05) is 12.3 Å². The van der Waals surface area contributed by atoms with Gasteiger partial charge in [0.2, 0.25) is 0 Å². The van der Waals surface area contributed by atoms with Crippen molar-refractivity contribution in [3.8, 4) is 0 Å². The van der Waals surface area contributed by atoms with Crippen molar-refractivity contribution >= 4 is 12.1 Å². The van der Waals surface area contributed by atoms with Crippen molar-refractivity contribution in [2.45, 2.75) is 27.2 Å². The summed E-state index contributed by atoms with van der Waals surface area (Å²) in [6, 6.07) is 0. The molecule has 62 valence electrons. The maximum absolute atomic E-state index is 10.6. The van der Waals surface area contributed by atoms with Gasteiger partial charge in [-0.1, -0.05) is 11.6 Å². The molecular weight excluding hydrogens is 140 g/mol. The Bertz CT molecular complexity index is 180. The molecule has 11 heavy (non-hydrogen) atoms. The summed E-state index contributed by atoms with van der Waals surface area (Å²) in [7, 11) is 0. The Morgan fingerprint density at radius 3 is 2.27 bits per heavy atom. The number of carbonyl (C=O) groups excluding carboxylic acids is 2. The monoisotopic (exact) mass is 154 g/mol. The Morgan fingerprint density at radius 2 is 2.00 bits per heavy atom. The van der Waals surface area contributed by atoms with Gasteiger partial charge in [0.1, 0.15) is 12.1 Å². The average Bonchev–Trinajstić information content (AvgIpc) is 1.98. The lowest BCUT2D eigenvalue weighted by Gasteiger charge is -2.06. The van der Waals surface area contributed by atoms with Crippen molar-refractivity contribution in [3.63, 3.8) is 0 Å². The second kappa shape index (κ2) is 4.83. The predicted octanol–water partition coefficient (Wildman–Crippen LogP) is 1.75. The van der Waals surface area contributed by atoms with Crippen LogP contribution in [-0.2, 0) is 9.59 Å². The molecule has 1 atom stereocenters. The number of rotatable bonds is 4. The molecule has 0 bridgehead atoms. The first-order chi connectivity index (χ1) is 5.11. The molecule has 0 rings (SSSR count). The van der Waals surface area contributed by atoms with Crippen LogP contribution < -0.4 is 0 Å². The largest absolute Gasteiger partial charge is 0.303 e. The molecule has 0 aliphatic carbocycles. The summed E-state index contributed by atoms with van der Waals surface area (Å²) in [5, 5.41) is 0. The number of Topliss-reactive ketones (excluding diaryl/α,β-unsaturated/α-hetero) is 1. The van der Waals surface area contributed by atoms with Gasteiger partial charge < -0.3 is 4.79 Å². The highest BCUT2D eigenvalue weighted by atomic mass is 16.1. The van der Waals surface area contributed by atoms with E-state index in [4.69, 9.17) is 0 Å². The molecule has 0 aromatic carbocycles. The van der Waals surface area contributed by atoms with E-state index in [0.717, 1.165) is 11.9 Å². The highest BCUT2D eigenvalue weighted by Gasteiger charge is 2.10. The molecule has 0 spiro atoms. The number of ketones is 1. The van der Waals surface area contributed by atoms with Gasteiger partial charge in [-0.05, 0) is 20.8 Å². The highest BCUT2D eigenvalue weighted by molar-refractivity contribution is 5.79. The lowest BCUT2D eigenvalue weighted by atomic mass is 9.97. The van der Waals surface area contributed by atoms with Gasteiger partial charge in [0.15, 0.2) is 0 Å². The lowest BCUT2D eigenvalue weighted by Crippen LogP contribution is -2.08. The lowest BCUT2D eigenvalue weighted by molar-refractivity contribution is -0.120. The van der Waals surface area contributed by atoms with Crippen LogP contribution in [-0.4, -0.2) is 12.1 Å². The number of aldehydes is 1. The molecule has 1 unspecified atom stereocenters. The normalized spacial score (nSPS) is 14.3. The zero-order valence-corrected chi connectivity index (χ0v) is 7.26. The summed E-state index contributed by atoms with van der Waals surface area (Å²) >= 11 is 0. The van der Waals surface area contributed by atoms with Crippen molar-refractivity contribution in [2.24, 2.45) is 5.92 Å². The molecule has 0 aromatic heterocycles. The Balaban J connectivity index is 4.17. The zero-order chi connectivity index (χ0) is 8.85. The van der Waals surface area contributed by atoms with Crippen molar-refractivity contribution in [1.29, 1.82) is 0 Å². The van der Waals surface area contributed by atoms with Crippen LogP contribution in [0.15, 0.2) is 11.6 Å². The minimum absolute atomic E-state index is 0.0586. The van der Waals surface area contributed by atoms with Gasteiger partial charge in [-0.3, -0.25) is 4.79 Å². The van der Waals surface area contributed by atoms with E-state index in [0.29, 0.717) is 6.42 Å². The van der Waals surface area contributed by atoms with Gasteiger partial charge in [0.25, 0.3) is 0 Å². The van der Waals surface area contributed by atoms with Gasteiger partial charge in [-0.2, -0.15) is 0 Å². The third kappa shape index (κ3) is 3.71. The molecule has 0 radical (unpaired) electrons. The third-order valence-corrected chi connectivity index (χ3v) is 1.71. The Morgan fingerprint density at radius 1 is 1.45 bits per heavy atom. The third-order valence-electron chi connectivity index (χ3n) is 1.71. The summed E-state index contributed by atoms with van der Waals surface area (Å²) in [4.78, 5) is 21.1. The van der Waals surface area contributed by atoms with E-state index in [1.807, 2.05) is 19.9 Å². The fourth-order valence-corrected chi connectivity index (χ4v) is 0.840. The maximum atomic E-state index is 10.6. The Hall–Kier alpha value is -0.920. The van der Waals surface area contributed by atoms with Crippen LogP contribution in [0.3, 0.4) is 0 Å². The van der Waals surface area contributed by atoms with Crippen LogP contribution in [0.2, 0.25) is 0 Å². The van der Waals surface area contributed by atoms with Gasteiger partial charge in [-0.15, -0.1) is 0 Å². The first kappa shape index (κ1) is 10.1. The van der Waals surface area contributed by atoms with E-state index < -0.39 is 0 Å².